The number of nitrogens with zero attached hydrogens (tertiary/aromatic N) is 1. The van der Waals surface area contributed by atoms with Crippen molar-refractivity contribution in [1.29, 1.82) is 0 Å². The minimum Gasteiger partial charge on any atom is -0.392 e. The second kappa shape index (κ2) is 6.25. The zero-order valence-electron chi connectivity index (χ0n) is 12.9. The Labute approximate surface area is 128 Å². The van der Waals surface area contributed by atoms with Crippen LogP contribution >= 0.6 is 12.2 Å². The number of nitrogens with one attached hydrogen (secondary N) is 1. The Hall–Kier alpha value is -0.240. The number of sulfonamides is 1. The molecule has 0 saturated carbocycles. The molecule has 0 spiro atoms. The summed E-state index contributed by atoms with van der Waals surface area (Å²) in [5, 5.41) is 0. The molecule has 0 bridgehead atoms. The van der Waals surface area contributed by atoms with Crippen LogP contribution in [0.15, 0.2) is 0 Å². The molecule has 0 amide bonds. The van der Waals surface area contributed by atoms with Gasteiger partial charge in [-0.2, -0.15) is 0 Å². The number of hydrogen-bond acceptors (Lipinski definition) is 4. The Kier molecular flexibility index (Phi) is 5.57. The number of hydrogen-bond donors (Lipinski definition) is 2. The molecule has 5 nitrogen and oxygen atoms in total. The molecule has 7 heteroatoms. The summed E-state index contributed by atoms with van der Waals surface area (Å²) in [6.45, 7) is 7.67. The summed E-state index contributed by atoms with van der Waals surface area (Å²) in [5.41, 5.74) is 5.06. The van der Waals surface area contributed by atoms with Crippen LogP contribution in [0.4, 0.5) is 0 Å². The van der Waals surface area contributed by atoms with Gasteiger partial charge in [0.1, 0.15) is 0 Å². The predicted molar refractivity (Wildman–Crippen MR) is 87.2 cm³/mol. The van der Waals surface area contributed by atoms with E-state index in [1.54, 1.807) is 0 Å². The fourth-order valence-corrected chi connectivity index (χ4v) is 4.40. The minimum absolute atomic E-state index is 0.0160. The van der Waals surface area contributed by atoms with Gasteiger partial charge in [-0.25, -0.2) is 13.1 Å². The van der Waals surface area contributed by atoms with Crippen molar-refractivity contribution in [3.63, 3.8) is 0 Å². The largest absolute Gasteiger partial charge is 0.392 e. The molecule has 0 aromatic carbocycles. The average Bonchev–Trinajstić information content (AvgIpc) is 2.29. The highest BCUT2D eigenvalue weighted by atomic mass is 32.2. The van der Waals surface area contributed by atoms with Crippen molar-refractivity contribution in [2.75, 3.05) is 25.9 Å². The van der Waals surface area contributed by atoms with Gasteiger partial charge in [0.15, 0.2) is 0 Å². The second-order valence-electron chi connectivity index (χ2n) is 6.98. The molecule has 1 aliphatic heterocycles. The molecule has 3 N–H and O–H groups in total. The van der Waals surface area contributed by atoms with Crippen LogP contribution in [0, 0.1) is 5.41 Å². The molecular weight excluding hydrogens is 294 g/mol. The molecule has 0 aliphatic carbocycles. The summed E-state index contributed by atoms with van der Waals surface area (Å²) in [6, 6.07) is 0. The van der Waals surface area contributed by atoms with E-state index in [0.29, 0.717) is 19.3 Å². The van der Waals surface area contributed by atoms with Gasteiger partial charge in [-0.3, -0.25) is 0 Å². The third kappa shape index (κ3) is 5.27. The first-order chi connectivity index (χ1) is 8.96. The molecule has 0 radical (unpaired) electrons. The maximum atomic E-state index is 12.3. The molecule has 1 aliphatic rings. The van der Waals surface area contributed by atoms with E-state index in [1.807, 2.05) is 27.8 Å². The van der Waals surface area contributed by atoms with Crippen molar-refractivity contribution in [1.82, 2.24) is 9.62 Å². The summed E-state index contributed by atoms with van der Waals surface area (Å²) in [6.07, 6.45) is 1.87. The van der Waals surface area contributed by atoms with Gasteiger partial charge in [0.25, 0.3) is 0 Å². The van der Waals surface area contributed by atoms with Crippen LogP contribution in [0.2, 0.25) is 0 Å². The first-order valence-corrected chi connectivity index (χ1v) is 9.02. The van der Waals surface area contributed by atoms with Gasteiger partial charge < -0.3 is 10.6 Å². The van der Waals surface area contributed by atoms with E-state index >= 15 is 0 Å². The van der Waals surface area contributed by atoms with Crippen molar-refractivity contribution in [2.45, 2.75) is 45.6 Å². The quantitative estimate of drug-likeness (QED) is 0.742. The summed E-state index contributed by atoms with van der Waals surface area (Å²) in [5.74, 6) is 0.108. The van der Waals surface area contributed by atoms with Crippen LogP contribution in [0.5, 0.6) is 0 Å². The van der Waals surface area contributed by atoms with Crippen molar-refractivity contribution in [3.8, 4) is 0 Å². The van der Waals surface area contributed by atoms with E-state index in [4.69, 9.17) is 18.0 Å². The smallest absolute Gasteiger partial charge is 0.212 e. The Bertz CT molecular complexity index is 447. The second-order valence-corrected chi connectivity index (χ2v) is 9.26. The Balaban J connectivity index is 2.78. The van der Waals surface area contributed by atoms with E-state index in [1.165, 1.54) is 0 Å². The summed E-state index contributed by atoms with van der Waals surface area (Å²) < 4.78 is 27.4. The van der Waals surface area contributed by atoms with Crippen molar-refractivity contribution < 1.29 is 8.42 Å². The molecule has 1 fully saturated rings. The molecule has 0 aromatic heterocycles. The van der Waals surface area contributed by atoms with Crippen LogP contribution in [0.1, 0.15) is 40.0 Å². The maximum absolute atomic E-state index is 12.3. The number of rotatable bonds is 5. The normalized spacial score (nSPS) is 20.8. The van der Waals surface area contributed by atoms with Crippen molar-refractivity contribution in [3.05, 3.63) is 0 Å². The van der Waals surface area contributed by atoms with E-state index in [0.717, 1.165) is 13.1 Å². The van der Waals surface area contributed by atoms with E-state index in [9.17, 15) is 8.42 Å². The summed E-state index contributed by atoms with van der Waals surface area (Å²) in [4.78, 5) is 2.41. The SMILES string of the molecule is CN1CCC(NS(=O)(=O)CCC(C)(C)C)(C(N)=S)CC1. The Morgan fingerprint density at radius 3 is 2.25 bits per heavy atom. The summed E-state index contributed by atoms with van der Waals surface area (Å²) in [7, 11) is -1.36. The lowest BCUT2D eigenvalue weighted by Crippen LogP contribution is -2.61. The summed E-state index contributed by atoms with van der Waals surface area (Å²) >= 11 is 5.12. The lowest BCUT2D eigenvalue weighted by atomic mass is 9.89. The van der Waals surface area contributed by atoms with E-state index < -0.39 is 15.6 Å². The highest BCUT2D eigenvalue weighted by Gasteiger charge is 2.40. The molecule has 1 saturated heterocycles. The highest BCUT2D eigenvalue weighted by Crippen LogP contribution is 2.25. The standard InChI is InChI=1S/C13H27N3O2S2/c1-12(2,3)7-10-20(17,18)15-13(11(14)19)5-8-16(4)9-6-13/h15H,5-10H2,1-4H3,(H2,14,19). The van der Waals surface area contributed by atoms with Crippen LogP contribution in [0.25, 0.3) is 0 Å². The molecule has 0 aromatic rings. The fraction of sp³-hybridized carbons (Fsp3) is 0.923. The first-order valence-electron chi connectivity index (χ1n) is 6.96. The van der Waals surface area contributed by atoms with E-state index in [2.05, 4.69) is 9.62 Å². The number of piperidine rings is 1. The van der Waals surface area contributed by atoms with Gasteiger partial charge in [0.2, 0.25) is 10.0 Å². The topological polar surface area (TPSA) is 75.4 Å². The zero-order valence-corrected chi connectivity index (χ0v) is 14.5. The highest BCUT2D eigenvalue weighted by molar-refractivity contribution is 7.89. The molecule has 1 rings (SSSR count). The number of thiocarbonyl (C=S) groups is 1. The van der Waals surface area contributed by atoms with Crippen LogP contribution in [0.3, 0.4) is 0 Å². The van der Waals surface area contributed by atoms with Gasteiger partial charge in [-0.15, -0.1) is 0 Å². The van der Waals surface area contributed by atoms with Crippen molar-refractivity contribution in [2.24, 2.45) is 11.1 Å². The van der Waals surface area contributed by atoms with E-state index in [-0.39, 0.29) is 16.2 Å². The molecule has 1 heterocycles. The van der Waals surface area contributed by atoms with Crippen LogP contribution in [-0.2, 0) is 10.0 Å². The van der Waals surface area contributed by atoms with Gasteiger partial charge in [0.05, 0.1) is 16.3 Å². The minimum atomic E-state index is -3.37. The zero-order chi connectivity index (χ0) is 15.6. The Morgan fingerprint density at radius 2 is 1.85 bits per heavy atom. The maximum Gasteiger partial charge on any atom is 0.212 e. The monoisotopic (exact) mass is 321 g/mol. The van der Waals surface area contributed by atoms with Gasteiger partial charge in [0, 0.05) is 13.1 Å². The third-order valence-corrected chi connectivity index (χ3v) is 5.62. The third-order valence-electron chi connectivity index (χ3n) is 3.78. The van der Waals surface area contributed by atoms with Gasteiger partial charge in [-0.05, 0) is 31.7 Å². The number of likely N-dealkylation sites (tertiary alicyclic amines) is 1. The van der Waals surface area contributed by atoms with Crippen LogP contribution in [-0.4, -0.2) is 49.7 Å². The lowest BCUT2D eigenvalue weighted by molar-refractivity contribution is 0.220. The first kappa shape index (κ1) is 17.8. The molecular formula is C13H27N3O2S2. The molecule has 20 heavy (non-hydrogen) atoms. The number of nitrogens with two attached hydrogens (primary N) is 1. The Morgan fingerprint density at radius 1 is 1.35 bits per heavy atom. The predicted octanol–water partition coefficient (Wildman–Crippen LogP) is 1.09. The molecule has 0 unspecified atom stereocenters. The van der Waals surface area contributed by atoms with Gasteiger partial charge in [-0.1, -0.05) is 33.0 Å². The fourth-order valence-electron chi connectivity index (χ4n) is 2.19. The van der Waals surface area contributed by atoms with Crippen molar-refractivity contribution >= 4 is 27.2 Å². The molecule has 118 valence electrons. The average molecular weight is 322 g/mol. The lowest BCUT2D eigenvalue weighted by Gasteiger charge is -2.40. The van der Waals surface area contributed by atoms with Gasteiger partial charge >= 0.3 is 0 Å². The van der Waals surface area contributed by atoms with Crippen LogP contribution < -0.4 is 10.5 Å². The molecule has 0 atom stereocenters.